The van der Waals surface area contributed by atoms with Crippen molar-refractivity contribution in [2.75, 3.05) is 13.1 Å². The Morgan fingerprint density at radius 3 is 2.64 bits per heavy atom. The first kappa shape index (κ1) is 19.9. The zero-order valence-corrected chi connectivity index (χ0v) is 14.9. The average molecular weight is 394 g/mol. The second-order valence-corrected chi connectivity index (χ2v) is 6.85. The highest BCUT2D eigenvalue weighted by atomic mass is 35.5. The van der Waals surface area contributed by atoms with E-state index >= 15 is 0 Å². The van der Waals surface area contributed by atoms with Crippen LogP contribution >= 0.6 is 23.2 Å². The van der Waals surface area contributed by atoms with E-state index in [0.29, 0.717) is 10.0 Å². The lowest BCUT2D eigenvalue weighted by atomic mass is 10.1. The smallest absolute Gasteiger partial charge is 0.267 e. The summed E-state index contributed by atoms with van der Waals surface area (Å²) in [4.78, 5) is 24.9. The van der Waals surface area contributed by atoms with Gasteiger partial charge in [0.1, 0.15) is 0 Å². The van der Waals surface area contributed by atoms with Crippen LogP contribution in [0.3, 0.4) is 0 Å². The van der Waals surface area contributed by atoms with Crippen molar-refractivity contribution >= 4 is 35.0 Å². The van der Waals surface area contributed by atoms with E-state index in [0.717, 1.165) is 10.5 Å². The molecule has 1 aliphatic heterocycles. The van der Waals surface area contributed by atoms with Gasteiger partial charge in [-0.3, -0.25) is 9.59 Å². The molecule has 0 bridgehead atoms. The average Bonchev–Trinajstić information content (AvgIpc) is 2.92. The van der Waals surface area contributed by atoms with E-state index in [4.69, 9.17) is 28.9 Å². The van der Waals surface area contributed by atoms with Crippen molar-refractivity contribution in [3.63, 3.8) is 0 Å². The van der Waals surface area contributed by atoms with Gasteiger partial charge in [-0.15, -0.1) is 0 Å². The van der Waals surface area contributed by atoms with E-state index in [1.807, 2.05) is 0 Å². The number of benzene rings is 1. The molecule has 0 aliphatic carbocycles. The molecule has 25 heavy (non-hydrogen) atoms. The fourth-order valence-corrected chi connectivity index (χ4v) is 2.83. The number of amides is 2. The number of hydrogen-bond donors (Lipinski definition) is 2. The number of halogens is 4. The Morgan fingerprint density at radius 1 is 1.32 bits per heavy atom. The molecule has 1 fully saturated rings. The van der Waals surface area contributed by atoms with Crippen molar-refractivity contribution in [1.82, 2.24) is 10.2 Å². The van der Waals surface area contributed by atoms with Crippen LogP contribution in [0.25, 0.3) is 0 Å². The van der Waals surface area contributed by atoms with E-state index in [9.17, 15) is 18.4 Å². The highest BCUT2D eigenvalue weighted by Crippen LogP contribution is 2.27. The quantitative estimate of drug-likeness (QED) is 0.779. The van der Waals surface area contributed by atoms with Crippen LogP contribution < -0.4 is 11.1 Å². The van der Waals surface area contributed by atoms with Gasteiger partial charge in [0, 0.05) is 25.9 Å². The fraction of sp³-hybridized carbons (Fsp3) is 0.500. The van der Waals surface area contributed by atoms with Crippen molar-refractivity contribution in [2.45, 2.75) is 37.8 Å². The van der Waals surface area contributed by atoms with Gasteiger partial charge in [0.2, 0.25) is 11.8 Å². The predicted molar refractivity (Wildman–Crippen MR) is 91.7 cm³/mol. The molecule has 2 rings (SSSR count). The molecule has 9 heteroatoms. The Labute approximate surface area is 154 Å². The molecule has 1 aliphatic rings. The van der Waals surface area contributed by atoms with E-state index in [2.05, 4.69) is 5.32 Å². The third-order valence-electron chi connectivity index (χ3n) is 3.95. The van der Waals surface area contributed by atoms with Crippen molar-refractivity contribution in [3.05, 3.63) is 33.8 Å². The first-order valence-electron chi connectivity index (χ1n) is 7.81. The van der Waals surface area contributed by atoms with E-state index in [-0.39, 0.29) is 38.3 Å². The molecule has 0 saturated carbocycles. The third kappa shape index (κ3) is 5.80. The number of carbonyl (C=O) groups excluding carboxylic acids is 2. The Bertz CT molecular complexity index is 658. The molecule has 1 heterocycles. The number of nitrogens with zero attached hydrogens (tertiary/aromatic N) is 1. The first-order chi connectivity index (χ1) is 11.7. The largest absolute Gasteiger partial charge is 0.352 e. The number of nitrogens with two attached hydrogens (primary N) is 1. The Balaban J connectivity index is 1.73. The Hall–Kier alpha value is -1.44. The molecule has 2 amide bonds. The summed E-state index contributed by atoms with van der Waals surface area (Å²) in [5.41, 5.74) is 6.51. The molecule has 3 N–H and O–H groups in total. The summed E-state index contributed by atoms with van der Waals surface area (Å²) < 4.78 is 26.3. The van der Waals surface area contributed by atoms with Crippen molar-refractivity contribution < 1.29 is 18.4 Å². The number of nitrogens with one attached hydrogen (secondary N) is 1. The summed E-state index contributed by atoms with van der Waals surface area (Å²) >= 11 is 11.7. The number of alkyl halides is 2. The molecule has 1 aromatic rings. The van der Waals surface area contributed by atoms with Crippen LogP contribution in [-0.4, -0.2) is 41.8 Å². The standard InChI is InChI=1S/C16H19Cl2F2N3O2/c17-11-2-1-10(7-12(11)18)8-22-14(24)4-3-13(21)15(25)23-6-5-16(19,20)9-23/h1-2,7,13H,3-6,8-9,21H2,(H,22,24)/t13-/m0/s1. The maximum atomic E-state index is 13.1. The summed E-state index contributed by atoms with van der Waals surface area (Å²) in [5, 5.41) is 3.50. The molecular formula is C16H19Cl2F2N3O2. The van der Waals surface area contributed by atoms with Crippen molar-refractivity contribution in [1.29, 1.82) is 0 Å². The summed E-state index contributed by atoms with van der Waals surface area (Å²) in [6.45, 7) is -0.358. The van der Waals surface area contributed by atoms with Crippen LogP contribution in [-0.2, 0) is 16.1 Å². The SMILES string of the molecule is N[C@@H](CCC(=O)NCc1ccc(Cl)c(Cl)c1)C(=O)N1CCC(F)(F)C1. The third-order valence-corrected chi connectivity index (χ3v) is 4.69. The van der Waals surface area contributed by atoms with Gasteiger partial charge in [-0.25, -0.2) is 8.78 Å². The molecule has 5 nitrogen and oxygen atoms in total. The van der Waals surface area contributed by atoms with Gasteiger partial charge in [0.05, 0.1) is 22.6 Å². The highest BCUT2D eigenvalue weighted by Gasteiger charge is 2.41. The minimum atomic E-state index is -2.85. The summed E-state index contributed by atoms with van der Waals surface area (Å²) in [6, 6.07) is 4.04. The summed E-state index contributed by atoms with van der Waals surface area (Å²) in [6.07, 6.45) is -0.234. The van der Waals surface area contributed by atoms with Crippen molar-refractivity contribution in [2.24, 2.45) is 5.73 Å². The molecule has 0 spiro atoms. The molecule has 138 valence electrons. The van der Waals surface area contributed by atoms with Crippen LogP contribution in [0.4, 0.5) is 8.78 Å². The molecular weight excluding hydrogens is 375 g/mol. The van der Waals surface area contributed by atoms with Gasteiger partial charge in [0.15, 0.2) is 0 Å². The van der Waals surface area contributed by atoms with Gasteiger partial charge in [-0.2, -0.15) is 0 Å². The number of hydrogen-bond acceptors (Lipinski definition) is 3. The van der Waals surface area contributed by atoms with E-state index in [1.54, 1.807) is 18.2 Å². The topological polar surface area (TPSA) is 75.4 Å². The zero-order valence-electron chi connectivity index (χ0n) is 13.4. The van der Waals surface area contributed by atoms with Crippen molar-refractivity contribution in [3.8, 4) is 0 Å². The van der Waals surface area contributed by atoms with Gasteiger partial charge in [-0.1, -0.05) is 29.3 Å². The molecule has 1 saturated heterocycles. The molecule has 0 radical (unpaired) electrons. The Kier molecular flexibility index (Phi) is 6.59. The molecule has 0 unspecified atom stereocenters. The summed E-state index contributed by atoms with van der Waals surface area (Å²) in [7, 11) is 0. The highest BCUT2D eigenvalue weighted by molar-refractivity contribution is 6.42. The van der Waals surface area contributed by atoms with Gasteiger partial charge < -0.3 is 16.0 Å². The number of likely N-dealkylation sites (tertiary alicyclic amines) is 1. The lowest BCUT2D eigenvalue weighted by molar-refractivity contribution is -0.133. The Morgan fingerprint density at radius 2 is 2.04 bits per heavy atom. The maximum Gasteiger partial charge on any atom is 0.267 e. The minimum absolute atomic E-state index is 0.0109. The molecule has 0 aromatic heterocycles. The summed E-state index contributed by atoms with van der Waals surface area (Å²) in [5.74, 6) is -3.69. The molecule has 1 atom stereocenters. The van der Waals surface area contributed by atoms with Gasteiger partial charge in [-0.05, 0) is 24.1 Å². The fourth-order valence-electron chi connectivity index (χ4n) is 2.51. The van der Waals surface area contributed by atoms with Crippen LogP contribution in [0.15, 0.2) is 18.2 Å². The van der Waals surface area contributed by atoms with Crippen LogP contribution in [0.2, 0.25) is 10.0 Å². The predicted octanol–water partition coefficient (Wildman–Crippen LogP) is 2.58. The van der Waals surface area contributed by atoms with E-state index < -0.39 is 24.4 Å². The first-order valence-corrected chi connectivity index (χ1v) is 8.56. The van der Waals surface area contributed by atoms with Crippen LogP contribution in [0.5, 0.6) is 0 Å². The second kappa shape index (κ2) is 8.29. The monoisotopic (exact) mass is 393 g/mol. The normalized spacial score (nSPS) is 17.4. The lowest BCUT2D eigenvalue weighted by Gasteiger charge is -2.20. The van der Waals surface area contributed by atoms with Crippen LogP contribution in [0.1, 0.15) is 24.8 Å². The molecule has 1 aromatic carbocycles. The maximum absolute atomic E-state index is 13.1. The second-order valence-electron chi connectivity index (χ2n) is 6.04. The van der Waals surface area contributed by atoms with Crippen LogP contribution in [0, 0.1) is 0 Å². The minimum Gasteiger partial charge on any atom is -0.352 e. The zero-order chi connectivity index (χ0) is 18.6. The number of rotatable bonds is 6. The van der Waals surface area contributed by atoms with E-state index in [1.165, 1.54) is 0 Å². The van der Waals surface area contributed by atoms with Gasteiger partial charge >= 0.3 is 0 Å². The number of carbonyl (C=O) groups is 2. The van der Waals surface area contributed by atoms with Gasteiger partial charge in [0.25, 0.3) is 5.92 Å². The lowest BCUT2D eigenvalue weighted by Crippen LogP contribution is -2.44.